The number of carbonyl (C=O) groups is 4. The summed E-state index contributed by atoms with van der Waals surface area (Å²) >= 11 is 0.753. The van der Waals surface area contributed by atoms with Crippen molar-refractivity contribution in [2.45, 2.75) is 40.5 Å². The Labute approximate surface area is 226 Å². The molecule has 10 heteroatoms. The number of benzene rings is 2. The molecule has 1 heterocycles. The molecule has 1 fully saturated rings. The first-order valence-corrected chi connectivity index (χ1v) is 13.2. The van der Waals surface area contributed by atoms with Crippen molar-refractivity contribution >= 4 is 46.5 Å². The molecular weight excluding hydrogens is 508 g/mol. The molecule has 1 N–H and O–H groups in total. The molecule has 9 nitrogen and oxygen atoms in total. The number of nitrogens with zero attached hydrogens (tertiary/aromatic N) is 1. The molecule has 2 aromatic rings. The van der Waals surface area contributed by atoms with Crippen molar-refractivity contribution in [3.63, 3.8) is 0 Å². The lowest BCUT2D eigenvalue weighted by molar-refractivity contribution is -0.146. The van der Waals surface area contributed by atoms with Gasteiger partial charge in [-0.1, -0.05) is 25.5 Å². The van der Waals surface area contributed by atoms with E-state index in [1.165, 1.54) is 0 Å². The lowest BCUT2D eigenvalue weighted by atomic mass is 10.1. The number of aryl methyl sites for hydroxylation is 2. The zero-order valence-electron chi connectivity index (χ0n) is 22.0. The van der Waals surface area contributed by atoms with E-state index in [1.807, 2.05) is 45.9 Å². The molecule has 0 spiro atoms. The Bertz CT molecular complexity index is 1240. The van der Waals surface area contributed by atoms with E-state index in [0.717, 1.165) is 34.2 Å². The van der Waals surface area contributed by atoms with Crippen LogP contribution in [0, 0.1) is 13.8 Å². The number of carbonyl (C=O) groups excluding carboxylic acids is 4. The van der Waals surface area contributed by atoms with Crippen LogP contribution in [0.25, 0.3) is 6.08 Å². The average Bonchev–Trinajstić information content (AvgIpc) is 3.13. The van der Waals surface area contributed by atoms with E-state index in [9.17, 15) is 19.2 Å². The summed E-state index contributed by atoms with van der Waals surface area (Å²) in [5.41, 5.74) is 3.49. The number of rotatable bonds is 12. The van der Waals surface area contributed by atoms with E-state index in [0.29, 0.717) is 35.8 Å². The average molecular weight is 541 g/mol. The molecule has 0 unspecified atom stereocenters. The number of thioether (sulfide) groups is 1. The third kappa shape index (κ3) is 7.85. The minimum Gasteiger partial charge on any atom is -0.490 e. The summed E-state index contributed by atoms with van der Waals surface area (Å²) < 4.78 is 16.4. The summed E-state index contributed by atoms with van der Waals surface area (Å²) in [7, 11) is 0. The number of nitrogens with one attached hydrogen (secondary N) is 1. The van der Waals surface area contributed by atoms with Crippen molar-refractivity contribution < 1.29 is 33.4 Å². The second-order valence-electron chi connectivity index (χ2n) is 8.62. The molecule has 2 aromatic carbocycles. The normalized spacial score (nSPS) is 14.1. The number of esters is 1. The van der Waals surface area contributed by atoms with Gasteiger partial charge in [-0.25, -0.2) is 0 Å². The van der Waals surface area contributed by atoms with Gasteiger partial charge in [0, 0.05) is 5.69 Å². The van der Waals surface area contributed by atoms with Gasteiger partial charge in [-0.3, -0.25) is 24.1 Å². The van der Waals surface area contributed by atoms with Gasteiger partial charge in [-0.15, -0.1) is 0 Å². The van der Waals surface area contributed by atoms with Crippen molar-refractivity contribution in [3.8, 4) is 11.5 Å². The molecule has 0 aromatic heterocycles. The van der Waals surface area contributed by atoms with Crippen LogP contribution in [0.2, 0.25) is 0 Å². The summed E-state index contributed by atoms with van der Waals surface area (Å²) in [5, 5.41) is 2.27. The Morgan fingerprint density at radius 3 is 2.50 bits per heavy atom. The maximum absolute atomic E-state index is 12.7. The molecule has 0 atom stereocenters. The maximum atomic E-state index is 12.7. The fourth-order valence-corrected chi connectivity index (χ4v) is 4.29. The van der Waals surface area contributed by atoms with Crippen molar-refractivity contribution in [2.75, 3.05) is 31.7 Å². The van der Waals surface area contributed by atoms with Gasteiger partial charge < -0.3 is 19.5 Å². The first kappa shape index (κ1) is 28.8. The molecule has 0 saturated carbocycles. The van der Waals surface area contributed by atoms with Gasteiger partial charge >= 0.3 is 5.97 Å². The Morgan fingerprint density at radius 1 is 1.00 bits per heavy atom. The lowest BCUT2D eigenvalue weighted by Crippen LogP contribution is -2.34. The van der Waals surface area contributed by atoms with Crippen LogP contribution in [-0.2, 0) is 19.1 Å². The monoisotopic (exact) mass is 540 g/mol. The Balaban J connectivity index is 1.65. The highest BCUT2D eigenvalue weighted by Gasteiger charge is 2.36. The van der Waals surface area contributed by atoms with Gasteiger partial charge in [-0.2, -0.15) is 0 Å². The van der Waals surface area contributed by atoms with Crippen LogP contribution in [0.4, 0.5) is 10.5 Å². The predicted molar refractivity (Wildman–Crippen MR) is 146 cm³/mol. The van der Waals surface area contributed by atoms with Crippen molar-refractivity contribution in [1.29, 1.82) is 0 Å². The highest BCUT2D eigenvalue weighted by Crippen LogP contribution is 2.34. The quantitative estimate of drug-likeness (QED) is 0.225. The van der Waals surface area contributed by atoms with E-state index < -0.39 is 23.7 Å². The Kier molecular flexibility index (Phi) is 10.3. The molecule has 0 radical (unpaired) electrons. The Hall–Kier alpha value is -3.79. The molecule has 1 aliphatic heterocycles. The summed E-state index contributed by atoms with van der Waals surface area (Å²) in [6.45, 7) is 7.71. The fourth-order valence-electron chi connectivity index (χ4n) is 3.45. The van der Waals surface area contributed by atoms with Crippen LogP contribution in [0.15, 0.2) is 41.3 Å². The third-order valence-corrected chi connectivity index (χ3v) is 6.54. The molecule has 3 amide bonds. The van der Waals surface area contributed by atoms with Crippen LogP contribution in [-0.4, -0.2) is 54.3 Å². The standard InChI is InChI=1S/C28H32N2O7S/c1-5-7-12-36-26(32)16-30-27(33)24(38-28(30)34)15-20-9-11-22(23(14-20)35-6-2)37-17-25(31)29-21-10-8-18(3)19(4)13-21/h8-11,13-15H,5-7,12,16-17H2,1-4H3,(H,29,31)/b24-15+. The molecule has 1 aliphatic rings. The largest absolute Gasteiger partial charge is 0.490 e. The zero-order valence-corrected chi connectivity index (χ0v) is 22.8. The molecule has 0 aliphatic carbocycles. The molecule has 38 heavy (non-hydrogen) atoms. The van der Waals surface area contributed by atoms with Crippen LogP contribution in [0.1, 0.15) is 43.4 Å². The number of imide groups is 1. The fraction of sp³-hybridized carbons (Fsp3) is 0.357. The van der Waals surface area contributed by atoms with Crippen molar-refractivity contribution in [3.05, 3.63) is 58.0 Å². The minimum atomic E-state index is -0.622. The van der Waals surface area contributed by atoms with E-state index in [-0.39, 0.29) is 24.0 Å². The highest BCUT2D eigenvalue weighted by molar-refractivity contribution is 8.18. The second kappa shape index (κ2) is 13.7. The molecule has 202 valence electrons. The Morgan fingerprint density at radius 2 is 1.79 bits per heavy atom. The zero-order chi connectivity index (χ0) is 27.7. The SMILES string of the molecule is CCCCOC(=O)CN1C(=O)S/C(=C/c2ccc(OCC(=O)Nc3ccc(C)c(C)c3)c(OCC)c2)C1=O. The van der Waals surface area contributed by atoms with Crippen LogP contribution in [0.3, 0.4) is 0 Å². The van der Waals surface area contributed by atoms with Gasteiger partial charge in [0.15, 0.2) is 18.1 Å². The third-order valence-electron chi connectivity index (χ3n) is 5.64. The number of ether oxygens (including phenoxy) is 3. The maximum Gasteiger partial charge on any atom is 0.326 e. The van der Waals surface area contributed by atoms with E-state index in [1.54, 1.807) is 24.3 Å². The van der Waals surface area contributed by atoms with Crippen LogP contribution < -0.4 is 14.8 Å². The highest BCUT2D eigenvalue weighted by atomic mass is 32.2. The molecule has 3 rings (SSSR count). The van der Waals surface area contributed by atoms with Gasteiger partial charge in [0.05, 0.1) is 18.1 Å². The summed E-state index contributed by atoms with van der Waals surface area (Å²) in [4.78, 5) is 50.5. The van der Waals surface area contributed by atoms with Gasteiger partial charge in [0.25, 0.3) is 17.1 Å². The van der Waals surface area contributed by atoms with Gasteiger partial charge in [0.2, 0.25) is 0 Å². The second-order valence-corrected chi connectivity index (χ2v) is 9.61. The molecule has 0 bridgehead atoms. The number of anilines is 1. The number of amides is 3. The first-order chi connectivity index (χ1) is 18.2. The topological polar surface area (TPSA) is 111 Å². The first-order valence-electron chi connectivity index (χ1n) is 12.4. The molecule has 1 saturated heterocycles. The van der Waals surface area contributed by atoms with Crippen LogP contribution >= 0.6 is 11.8 Å². The van der Waals surface area contributed by atoms with Crippen LogP contribution in [0.5, 0.6) is 11.5 Å². The summed E-state index contributed by atoms with van der Waals surface area (Å²) in [5.74, 6) is -0.750. The van der Waals surface area contributed by atoms with Gasteiger partial charge in [0.1, 0.15) is 6.54 Å². The molecular formula is C28H32N2O7S. The minimum absolute atomic E-state index is 0.181. The van der Waals surface area contributed by atoms with Gasteiger partial charge in [-0.05, 0) is 86.0 Å². The predicted octanol–water partition coefficient (Wildman–Crippen LogP) is 5.10. The van der Waals surface area contributed by atoms with E-state index in [4.69, 9.17) is 14.2 Å². The lowest BCUT2D eigenvalue weighted by Gasteiger charge is -2.13. The summed E-state index contributed by atoms with van der Waals surface area (Å²) in [6, 6.07) is 10.6. The van der Waals surface area contributed by atoms with E-state index in [2.05, 4.69) is 5.32 Å². The van der Waals surface area contributed by atoms with Crippen molar-refractivity contribution in [2.24, 2.45) is 0 Å². The number of hydrogen-bond donors (Lipinski definition) is 1. The van der Waals surface area contributed by atoms with E-state index >= 15 is 0 Å². The van der Waals surface area contributed by atoms with Crippen molar-refractivity contribution in [1.82, 2.24) is 4.90 Å². The smallest absolute Gasteiger partial charge is 0.326 e. The number of hydrogen-bond acceptors (Lipinski definition) is 8. The summed E-state index contributed by atoms with van der Waals surface area (Å²) in [6.07, 6.45) is 3.13. The number of unbranched alkanes of at least 4 members (excludes halogenated alkanes) is 1.